The molecular weight excluding hydrogens is 426 g/mol. The summed E-state index contributed by atoms with van der Waals surface area (Å²) in [5.74, 6) is 0.477. The van der Waals surface area contributed by atoms with Crippen molar-refractivity contribution in [2.24, 2.45) is 0 Å². The normalized spacial score (nSPS) is 14.8. The van der Waals surface area contributed by atoms with Crippen LogP contribution in [0.3, 0.4) is 0 Å². The molecule has 0 spiro atoms. The maximum atomic E-state index is 13.7. The lowest BCUT2D eigenvalue weighted by Gasteiger charge is -2.28. The van der Waals surface area contributed by atoms with Crippen molar-refractivity contribution in [3.8, 4) is 11.5 Å². The number of esters is 1. The van der Waals surface area contributed by atoms with E-state index >= 15 is 0 Å². The van der Waals surface area contributed by atoms with Crippen LogP contribution in [-0.4, -0.2) is 52.3 Å². The number of hydrogen-bond acceptors (Lipinski definition) is 9. The van der Waals surface area contributed by atoms with Crippen LogP contribution < -0.4 is 14.8 Å². The first-order valence-electron chi connectivity index (χ1n) is 10.4. The summed E-state index contributed by atoms with van der Waals surface area (Å²) in [6.45, 7) is 4.81. The average Bonchev–Trinajstić information content (AvgIpc) is 3.32. The number of Topliss-reactive ketones (excluding diaryl/α,β-unsaturated/α-hetero) is 1. The minimum Gasteiger partial charge on any atom is -0.494 e. The van der Waals surface area contributed by atoms with Crippen LogP contribution in [0, 0.1) is 0 Å². The number of anilines is 1. The molecule has 3 aromatic rings. The fourth-order valence-electron chi connectivity index (χ4n) is 3.63. The zero-order valence-electron chi connectivity index (χ0n) is 18.4. The lowest BCUT2D eigenvalue weighted by molar-refractivity contribution is -0.136. The van der Waals surface area contributed by atoms with Gasteiger partial charge in [-0.15, -0.1) is 0 Å². The molecule has 10 nitrogen and oxygen atoms in total. The van der Waals surface area contributed by atoms with E-state index in [0.29, 0.717) is 35.8 Å². The van der Waals surface area contributed by atoms with Gasteiger partial charge in [0.1, 0.15) is 23.2 Å². The third-order valence-electron chi connectivity index (χ3n) is 5.09. The van der Waals surface area contributed by atoms with Crippen LogP contribution in [0.5, 0.6) is 11.5 Å². The Morgan fingerprint density at radius 1 is 0.970 bits per heavy atom. The number of aromatic nitrogens is 4. The van der Waals surface area contributed by atoms with Gasteiger partial charge in [0.2, 0.25) is 5.95 Å². The number of carbonyl (C=O) groups is 2. The average molecular weight is 449 g/mol. The standard InChI is InChI=1S/C23H23N5O5/c1-4-32-16-10-6-14(7-11-16)20-18(21(29)15-8-12-17(13-9-15)33-5-2)19(22(30)31-3)24-23-25-26-27-28(20)23/h6-13,20H,4-5H2,1-3H3,(H,24,25,27)/t20-/m0/s1. The summed E-state index contributed by atoms with van der Waals surface area (Å²) < 4.78 is 17.4. The summed E-state index contributed by atoms with van der Waals surface area (Å²) in [5.41, 5.74) is 1.22. The van der Waals surface area contributed by atoms with Gasteiger partial charge in [0.05, 0.1) is 25.9 Å². The molecule has 0 amide bonds. The Kier molecular flexibility index (Phi) is 6.34. The van der Waals surface area contributed by atoms with Gasteiger partial charge in [-0.05, 0) is 66.2 Å². The third-order valence-corrected chi connectivity index (χ3v) is 5.09. The van der Waals surface area contributed by atoms with E-state index in [1.165, 1.54) is 11.8 Å². The van der Waals surface area contributed by atoms with Gasteiger partial charge in [-0.1, -0.05) is 17.2 Å². The highest BCUT2D eigenvalue weighted by molar-refractivity contribution is 6.15. The van der Waals surface area contributed by atoms with E-state index in [2.05, 4.69) is 20.8 Å². The second-order valence-electron chi connectivity index (χ2n) is 7.04. The van der Waals surface area contributed by atoms with E-state index in [0.717, 1.165) is 0 Å². The molecule has 0 radical (unpaired) electrons. The molecule has 1 atom stereocenters. The molecule has 0 unspecified atom stereocenters. The fourth-order valence-corrected chi connectivity index (χ4v) is 3.63. The van der Waals surface area contributed by atoms with E-state index < -0.39 is 12.0 Å². The number of nitrogens with zero attached hydrogens (tertiary/aromatic N) is 4. The number of rotatable bonds is 8. The summed E-state index contributed by atoms with van der Waals surface area (Å²) in [4.78, 5) is 26.4. The minimum absolute atomic E-state index is 0.0161. The zero-order chi connectivity index (χ0) is 23.4. The SMILES string of the molecule is CCOc1ccc(C(=O)C2=C(C(=O)OC)Nc3nnnn3[C@H]2c2ccc(OCC)cc2)cc1. The molecule has 33 heavy (non-hydrogen) atoms. The molecule has 1 aromatic heterocycles. The number of methoxy groups -OCH3 is 1. The van der Waals surface area contributed by atoms with E-state index in [4.69, 9.17) is 14.2 Å². The smallest absolute Gasteiger partial charge is 0.355 e. The number of nitrogens with one attached hydrogen (secondary N) is 1. The fraction of sp³-hybridized carbons (Fsp3) is 0.261. The Morgan fingerprint density at radius 3 is 2.15 bits per heavy atom. The largest absolute Gasteiger partial charge is 0.494 e. The van der Waals surface area contributed by atoms with E-state index in [9.17, 15) is 9.59 Å². The molecule has 1 N–H and O–H groups in total. The molecule has 1 aliphatic heterocycles. The molecule has 0 aliphatic carbocycles. The van der Waals surface area contributed by atoms with Crippen LogP contribution in [0.25, 0.3) is 0 Å². The van der Waals surface area contributed by atoms with Crippen molar-refractivity contribution in [2.45, 2.75) is 19.9 Å². The van der Waals surface area contributed by atoms with E-state index in [1.54, 1.807) is 36.4 Å². The second kappa shape index (κ2) is 9.51. The van der Waals surface area contributed by atoms with Crippen molar-refractivity contribution in [3.63, 3.8) is 0 Å². The predicted octanol–water partition coefficient (Wildman–Crippen LogP) is 2.80. The molecule has 0 saturated carbocycles. The quantitative estimate of drug-likeness (QED) is 0.409. The van der Waals surface area contributed by atoms with Crippen molar-refractivity contribution in [1.82, 2.24) is 20.2 Å². The lowest BCUT2D eigenvalue weighted by atomic mass is 9.89. The number of benzene rings is 2. The molecule has 2 aromatic carbocycles. The monoisotopic (exact) mass is 449 g/mol. The number of hydrogen-bond donors (Lipinski definition) is 1. The molecule has 0 saturated heterocycles. The first kappa shape index (κ1) is 22.0. The zero-order valence-corrected chi connectivity index (χ0v) is 18.4. The Balaban J connectivity index is 1.84. The Hall–Kier alpha value is -4.21. The second-order valence-corrected chi connectivity index (χ2v) is 7.04. The van der Waals surface area contributed by atoms with E-state index in [1.807, 2.05) is 26.0 Å². The minimum atomic E-state index is -0.764. The molecule has 2 heterocycles. The first-order chi connectivity index (χ1) is 16.1. The number of fused-ring (bicyclic) bond motifs is 1. The van der Waals surface area contributed by atoms with Gasteiger partial charge in [-0.2, -0.15) is 4.68 Å². The molecular formula is C23H23N5O5. The number of allylic oxidation sites excluding steroid dienone is 1. The highest BCUT2D eigenvalue weighted by atomic mass is 16.5. The van der Waals surface area contributed by atoms with Gasteiger partial charge in [0.25, 0.3) is 0 Å². The van der Waals surface area contributed by atoms with Crippen LogP contribution in [0.4, 0.5) is 5.95 Å². The van der Waals surface area contributed by atoms with Gasteiger partial charge in [0, 0.05) is 5.56 Å². The highest BCUT2D eigenvalue weighted by Crippen LogP contribution is 2.37. The van der Waals surface area contributed by atoms with Crippen LogP contribution in [0.2, 0.25) is 0 Å². The molecule has 0 bridgehead atoms. The first-order valence-corrected chi connectivity index (χ1v) is 10.4. The lowest BCUT2D eigenvalue weighted by Crippen LogP contribution is -2.32. The molecule has 4 rings (SSSR count). The summed E-state index contributed by atoms with van der Waals surface area (Å²) in [7, 11) is 1.25. The number of carbonyl (C=O) groups excluding carboxylic acids is 2. The Bertz CT molecular complexity index is 1180. The number of ether oxygens (including phenoxy) is 3. The Morgan fingerprint density at radius 2 is 1.58 bits per heavy atom. The van der Waals surface area contributed by atoms with Crippen LogP contribution in [0.1, 0.15) is 35.8 Å². The van der Waals surface area contributed by atoms with Crippen molar-refractivity contribution in [3.05, 3.63) is 70.9 Å². The van der Waals surface area contributed by atoms with Crippen LogP contribution in [-0.2, 0) is 9.53 Å². The molecule has 1 aliphatic rings. The van der Waals surface area contributed by atoms with Crippen molar-refractivity contribution in [1.29, 1.82) is 0 Å². The summed E-state index contributed by atoms with van der Waals surface area (Å²) >= 11 is 0. The highest BCUT2D eigenvalue weighted by Gasteiger charge is 2.38. The summed E-state index contributed by atoms with van der Waals surface area (Å²) in [6, 6.07) is 13.2. The van der Waals surface area contributed by atoms with Crippen LogP contribution >= 0.6 is 0 Å². The molecule has 170 valence electrons. The van der Waals surface area contributed by atoms with Gasteiger partial charge >= 0.3 is 5.97 Å². The maximum absolute atomic E-state index is 13.7. The van der Waals surface area contributed by atoms with Crippen molar-refractivity contribution < 1.29 is 23.8 Å². The van der Waals surface area contributed by atoms with Crippen molar-refractivity contribution in [2.75, 3.05) is 25.6 Å². The van der Waals surface area contributed by atoms with Gasteiger partial charge in [0.15, 0.2) is 5.78 Å². The summed E-state index contributed by atoms with van der Waals surface area (Å²) in [6.07, 6.45) is 0. The topological polar surface area (TPSA) is 117 Å². The summed E-state index contributed by atoms with van der Waals surface area (Å²) in [5, 5.41) is 14.6. The van der Waals surface area contributed by atoms with Gasteiger partial charge in [-0.25, -0.2) is 4.79 Å². The predicted molar refractivity (Wildman–Crippen MR) is 118 cm³/mol. The van der Waals surface area contributed by atoms with E-state index in [-0.39, 0.29) is 23.0 Å². The number of ketones is 1. The van der Waals surface area contributed by atoms with Crippen LogP contribution in [0.15, 0.2) is 59.8 Å². The van der Waals surface area contributed by atoms with Gasteiger partial charge in [-0.3, -0.25) is 4.79 Å². The Labute approximate surface area is 190 Å². The third kappa shape index (κ3) is 4.27. The van der Waals surface area contributed by atoms with Gasteiger partial charge < -0.3 is 19.5 Å². The molecule has 0 fully saturated rings. The number of tetrazole rings is 1. The van der Waals surface area contributed by atoms with Crippen molar-refractivity contribution >= 4 is 17.7 Å². The maximum Gasteiger partial charge on any atom is 0.355 e. The molecule has 10 heteroatoms.